The van der Waals surface area contributed by atoms with E-state index in [2.05, 4.69) is 146 Å². The molecule has 1 aromatic heterocycles. The molecule has 7 nitrogen and oxygen atoms in total. The lowest BCUT2D eigenvalue weighted by Crippen LogP contribution is -2.59. The van der Waals surface area contributed by atoms with Crippen LogP contribution in [0.4, 0.5) is 0 Å². The van der Waals surface area contributed by atoms with Crippen LogP contribution >= 0.6 is 0 Å². The van der Waals surface area contributed by atoms with Gasteiger partial charge >= 0.3 is 5.97 Å². The summed E-state index contributed by atoms with van der Waals surface area (Å²) >= 11 is 0. The molecule has 0 saturated heterocycles. The zero-order chi connectivity index (χ0) is 44.7. The van der Waals surface area contributed by atoms with E-state index in [1.165, 1.54) is 11.1 Å². The molecule has 0 bridgehead atoms. The van der Waals surface area contributed by atoms with Crippen molar-refractivity contribution in [2.24, 2.45) is 17.3 Å². The van der Waals surface area contributed by atoms with Crippen LogP contribution < -0.4 is 0 Å². The fraction of sp³-hybridized carbons (Fsp3) is 0.771. The quantitative estimate of drug-likeness (QED) is 0.0916. The largest absolute Gasteiger partial charge is 0.481 e. The molecule has 1 saturated carbocycles. The minimum atomic E-state index is -2.37. The van der Waals surface area contributed by atoms with E-state index < -0.39 is 42.4 Å². The van der Waals surface area contributed by atoms with Crippen LogP contribution in [0.25, 0.3) is 6.08 Å². The maximum absolute atomic E-state index is 15.2. The van der Waals surface area contributed by atoms with Crippen LogP contribution in [0.5, 0.6) is 0 Å². The number of pyridine rings is 1. The second-order valence-corrected chi connectivity index (χ2v) is 36.6. The van der Waals surface area contributed by atoms with E-state index in [0.29, 0.717) is 19.3 Å². The lowest BCUT2D eigenvalue weighted by molar-refractivity contribution is -0.156. The van der Waals surface area contributed by atoms with Gasteiger partial charge in [0.05, 0.1) is 35.8 Å². The number of ketones is 1. The minimum absolute atomic E-state index is 0.0246. The number of carboxylic acid groups (broad SMARTS) is 1. The molecule has 5 atom stereocenters. The van der Waals surface area contributed by atoms with Crippen molar-refractivity contribution in [3.63, 3.8) is 0 Å². The van der Waals surface area contributed by atoms with Gasteiger partial charge in [0, 0.05) is 12.1 Å². The number of carbonyl (C=O) groups is 2. The summed E-state index contributed by atoms with van der Waals surface area (Å²) in [5.74, 6) is -0.924. The summed E-state index contributed by atoms with van der Waals surface area (Å²) in [4.78, 5) is 32.2. The molecule has 1 aliphatic rings. The zero-order valence-electron chi connectivity index (χ0n) is 40.7. The Bertz CT molecular complexity index is 1540. The van der Waals surface area contributed by atoms with Crippen molar-refractivity contribution in [1.82, 2.24) is 4.98 Å². The Kier molecular flexibility index (Phi) is 18.5. The fourth-order valence-electron chi connectivity index (χ4n) is 7.30. The molecular weight excluding hydrogens is 771 g/mol. The highest BCUT2D eigenvalue weighted by atomic mass is 28.4. The Balaban J connectivity index is 2.41. The van der Waals surface area contributed by atoms with Gasteiger partial charge in [0.15, 0.2) is 25.0 Å². The van der Waals surface area contributed by atoms with Gasteiger partial charge in [-0.2, -0.15) is 0 Å². The van der Waals surface area contributed by atoms with E-state index in [1.807, 2.05) is 24.4 Å². The summed E-state index contributed by atoms with van der Waals surface area (Å²) in [6.45, 7) is 42.5. The van der Waals surface area contributed by atoms with Gasteiger partial charge in [-0.05, 0) is 143 Å². The van der Waals surface area contributed by atoms with E-state index >= 15 is 4.79 Å². The van der Waals surface area contributed by atoms with Gasteiger partial charge in [0.25, 0.3) is 0 Å². The maximum Gasteiger partial charge on any atom is 0.305 e. The molecule has 1 fully saturated rings. The van der Waals surface area contributed by atoms with E-state index in [9.17, 15) is 9.90 Å². The van der Waals surface area contributed by atoms with Gasteiger partial charge in [-0.25, -0.2) is 0 Å². The predicted octanol–water partition coefficient (Wildman–Crippen LogP) is 14.0. The molecule has 2 rings (SSSR count). The molecule has 0 aliphatic heterocycles. The van der Waals surface area contributed by atoms with Crippen molar-refractivity contribution in [2.75, 3.05) is 0 Å². The maximum atomic E-state index is 15.2. The summed E-state index contributed by atoms with van der Waals surface area (Å²) < 4.78 is 21.3. The van der Waals surface area contributed by atoms with Gasteiger partial charge in [-0.3, -0.25) is 14.6 Å². The number of carboxylic acids is 1. The first-order chi connectivity index (χ1) is 26.3. The Morgan fingerprint density at radius 2 is 1.40 bits per heavy atom. The van der Waals surface area contributed by atoms with Gasteiger partial charge in [0.1, 0.15) is 5.78 Å². The number of Topliss-reactive ketones (excluding diaryl/α,β-unsaturated/α-hetero) is 1. The number of hydrogen-bond acceptors (Lipinski definition) is 6. The molecule has 332 valence electrons. The SMILES string of the molecule is CC[C@@H](C(=O)C1([C@H](CC(=O)O)O[Si](C)(C)C(C)(C)C)CCC1)[C@@H](O[Si](C)(C)C(C)(C)C)[C@@H](C)CCC/C(C)=C\C[C@H](O[Si](C)(C)C(C)(C)C)/C(C)=C/c1ccccn1. The second kappa shape index (κ2) is 20.4. The normalized spacial score (nSPS) is 18.9. The summed E-state index contributed by atoms with van der Waals surface area (Å²) in [5.41, 5.74) is 2.68. The molecule has 1 heterocycles. The molecular formula is C48H87NO6Si3. The average Bonchev–Trinajstić information content (AvgIpc) is 3.04. The molecule has 0 amide bonds. The van der Waals surface area contributed by atoms with E-state index in [-0.39, 0.29) is 51.4 Å². The van der Waals surface area contributed by atoms with Crippen molar-refractivity contribution in [3.8, 4) is 0 Å². The van der Waals surface area contributed by atoms with Crippen LogP contribution in [0.1, 0.15) is 153 Å². The van der Waals surface area contributed by atoms with Gasteiger partial charge < -0.3 is 18.4 Å². The van der Waals surface area contributed by atoms with Crippen LogP contribution in [0.3, 0.4) is 0 Å². The fourth-order valence-corrected chi connectivity index (χ4v) is 11.4. The van der Waals surface area contributed by atoms with Crippen LogP contribution in [-0.2, 0) is 22.9 Å². The molecule has 0 radical (unpaired) electrons. The van der Waals surface area contributed by atoms with Gasteiger partial charge in [0.2, 0.25) is 0 Å². The summed E-state index contributed by atoms with van der Waals surface area (Å²) in [6, 6.07) is 6.00. The Hall–Kier alpha value is -1.70. The summed E-state index contributed by atoms with van der Waals surface area (Å²) in [5, 5.41) is 10.1. The summed E-state index contributed by atoms with van der Waals surface area (Å²) in [7, 11) is -6.70. The Morgan fingerprint density at radius 1 is 0.862 bits per heavy atom. The number of carbonyl (C=O) groups excluding carboxylic acids is 1. The Morgan fingerprint density at radius 3 is 1.84 bits per heavy atom. The molecule has 1 aliphatic carbocycles. The third-order valence-electron chi connectivity index (χ3n) is 14.7. The molecule has 0 unspecified atom stereocenters. The van der Waals surface area contributed by atoms with Crippen molar-refractivity contribution in [3.05, 3.63) is 47.3 Å². The molecule has 0 aromatic carbocycles. The number of allylic oxidation sites excluding steroid dienone is 1. The lowest BCUT2D eigenvalue weighted by atomic mass is 9.58. The standard InChI is InChI=1S/C48H87NO6Si3/c1-20-39(44(52)48(30-24-31-48)41(34-42(50)51)54-57(16,17)46(8,9)10)43(55-58(18,19)47(11,12)13)36(3)26-23-25-35(2)28-29-40(53-56(14,15)45(5,6)7)37(4)33-38-27-21-22-32-49-38/h21-22,27-28,32-33,36,39-41,43H,20,23-26,29-31,34H2,1-19H3,(H,50,51)/b35-28-,37-33+/t36-,39+,40-,41-,43-/m0/s1. The van der Waals surface area contributed by atoms with Gasteiger partial charge in [-0.15, -0.1) is 0 Å². The topological polar surface area (TPSA) is 95.0 Å². The lowest BCUT2D eigenvalue weighted by Gasteiger charge is -2.52. The van der Waals surface area contributed by atoms with E-state index in [1.54, 1.807) is 0 Å². The van der Waals surface area contributed by atoms with Crippen molar-refractivity contribution < 1.29 is 28.0 Å². The number of nitrogens with zero attached hydrogens (tertiary/aromatic N) is 1. The number of aliphatic carboxylic acids is 1. The molecule has 10 heteroatoms. The zero-order valence-corrected chi connectivity index (χ0v) is 43.7. The highest BCUT2D eigenvalue weighted by molar-refractivity contribution is 6.75. The molecule has 1 N–H and O–H groups in total. The first kappa shape index (κ1) is 52.4. The molecule has 58 heavy (non-hydrogen) atoms. The van der Waals surface area contributed by atoms with Crippen molar-refractivity contribution >= 4 is 42.8 Å². The predicted molar refractivity (Wildman–Crippen MR) is 253 cm³/mol. The Labute approximate surface area is 359 Å². The van der Waals surface area contributed by atoms with Crippen LogP contribution in [-0.4, -0.2) is 65.1 Å². The first-order valence-corrected chi connectivity index (χ1v) is 31.1. The van der Waals surface area contributed by atoms with Crippen LogP contribution in [0, 0.1) is 17.3 Å². The van der Waals surface area contributed by atoms with Crippen molar-refractivity contribution in [1.29, 1.82) is 0 Å². The third-order valence-corrected chi connectivity index (χ3v) is 28.1. The van der Waals surface area contributed by atoms with E-state index in [0.717, 1.165) is 37.8 Å². The third kappa shape index (κ3) is 13.9. The van der Waals surface area contributed by atoms with E-state index in [4.69, 9.17) is 13.3 Å². The first-order valence-electron chi connectivity index (χ1n) is 22.4. The average molecular weight is 858 g/mol. The van der Waals surface area contributed by atoms with Crippen LogP contribution in [0.15, 0.2) is 41.6 Å². The van der Waals surface area contributed by atoms with Gasteiger partial charge in [-0.1, -0.05) is 100 Å². The number of aromatic nitrogens is 1. The minimum Gasteiger partial charge on any atom is -0.481 e. The molecule has 1 aromatic rings. The number of hydrogen-bond donors (Lipinski definition) is 1. The molecule has 0 spiro atoms. The monoisotopic (exact) mass is 858 g/mol. The van der Waals surface area contributed by atoms with Crippen molar-refractivity contribution in [2.45, 2.75) is 221 Å². The van der Waals surface area contributed by atoms with Crippen LogP contribution in [0.2, 0.25) is 54.4 Å². The highest BCUT2D eigenvalue weighted by Gasteiger charge is 2.57. The number of rotatable bonds is 22. The highest BCUT2D eigenvalue weighted by Crippen LogP contribution is 2.53. The smallest absolute Gasteiger partial charge is 0.305 e. The summed E-state index contributed by atoms with van der Waals surface area (Å²) in [6.07, 6.45) is 11.9. The second-order valence-electron chi connectivity index (χ2n) is 22.4.